The van der Waals surface area contributed by atoms with E-state index in [0.29, 0.717) is 25.9 Å². The predicted octanol–water partition coefficient (Wildman–Crippen LogP) is -3.36. The molecule has 11 aliphatic rings. The van der Waals surface area contributed by atoms with Crippen molar-refractivity contribution >= 4 is 0 Å². The number of ether oxygens (including phenoxy) is 12. The first kappa shape index (κ1) is 66.1. The minimum absolute atomic E-state index is 0.0914. The molecule has 4 saturated carbocycles. The maximum absolute atomic E-state index is 12.4. The molecule has 35 atom stereocenters. The second-order valence-electron chi connectivity index (χ2n) is 28.6. The quantitative estimate of drug-likeness (QED) is 0.0597. The van der Waals surface area contributed by atoms with Crippen LogP contribution < -0.4 is 0 Å². The average Bonchev–Trinajstić information content (AvgIpc) is 1.45. The van der Waals surface area contributed by atoms with Crippen molar-refractivity contribution in [1.29, 1.82) is 0 Å². The van der Waals surface area contributed by atoms with E-state index in [1.54, 1.807) is 0 Å². The van der Waals surface area contributed by atoms with Gasteiger partial charge in [0.25, 0.3) is 0 Å². The minimum atomic E-state index is -2.11. The Kier molecular flexibility index (Phi) is 18.6. The molecule has 2 spiro atoms. The van der Waals surface area contributed by atoms with Crippen LogP contribution in [0.4, 0.5) is 0 Å². The van der Waals surface area contributed by atoms with Crippen LogP contribution in [0.15, 0.2) is 11.6 Å². The summed E-state index contributed by atoms with van der Waals surface area (Å²) in [6.45, 7) is 14.3. The van der Waals surface area contributed by atoms with Gasteiger partial charge in [-0.3, -0.25) is 0 Å². The molecule has 4 aliphatic carbocycles. The third-order valence-corrected chi connectivity index (χ3v) is 22.9. The van der Waals surface area contributed by atoms with E-state index in [4.69, 9.17) is 56.8 Å². The second-order valence-corrected chi connectivity index (χ2v) is 28.6. The lowest BCUT2D eigenvalue weighted by Crippen LogP contribution is -2.68. The monoisotopic (exact) mass is 1240 g/mol. The number of rotatable bonds is 14. The zero-order valence-corrected chi connectivity index (χ0v) is 50.2. The average molecular weight is 1240 g/mol. The molecule has 494 valence electrons. The van der Waals surface area contributed by atoms with Crippen molar-refractivity contribution in [2.45, 2.75) is 278 Å². The largest absolute Gasteiger partial charge is 0.394 e. The van der Waals surface area contributed by atoms with Crippen molar-refractivity contribution in [2.75, 3.05) is 33.0 Å². The molecule has 27 nitrogen and oxygen atoms in total. The van der Waals surface area contributed by atoms with Crippen LogP contribution in [-0.2, 0) is 56.8 Å². The van der Waals surface area contributed by atoms with E-state index in [1.807, 2.05) is 20.8 Å². The summed E-state index contributed by atoms with van der Waals surface area (Å²) in [5.41, 5.74) is -1.06. The summed E-state index contributed by atoms with van der Waals surface area (Å²) < 4.78 is 75.6. The number of hydrogen-bond acceptors (Lipinski definition) is 27. The molecule has 2 bridgehead atoms. The summed E-state index contributed by atoms with van der Waals surface area (Å²) in [5.74, 6) is -0.503. The van der Waals surface area contributed by atoms with E-state index in [2.05, 4.69) is 33.8 Å². The maximum Gasteiger partial charge on any atom is 0.187 e. The molecule has 7 saturated heterocycles. The molecule has 86 heavy (non-hydrogen) atoms. The van der Waals surface area contributed by atoms with Gasteiger partial charge in [-0.15, -0.1) is 0 Å². The zero-order chi connectivity index (χ0) is 62.3. The number of aliphatic hydroxyl groups is 15. The molecule has 0 radical (unpaired) electrons. The summed E-state index contributed by atoms with van der Waals surface area (Å²) in [6, 6.07) is 0. The summed E-state index contributed by atoms with van der Waals surface area (Å²) >= 11 is 0. The van der Waals surface area contributed by atoms with E-state index in [1.165, 1.54) is 6.92 Å². The minimum Gasteiger partial charge on any atom is -0.394 e. The van der Waals surface area contributed by atoms with Gasteiger partial charge in [0.15, 0.2) is 37.2 Å². The number of hydrogen-bond donors (Lipinski definition) is 15. The first-order valence-electron chi connectivity index (χ1n) is 30.9. The molecule has 0 aromatic rings. The van der Waals surface area contributed by atoms with Crippen molar-refractivity contribution < 1.29 is 133 Å². The molecule has 0 unspecified atom stereocenters. The fourth-order valence-corrected chi connectivity index (χ4v) is 18.6. The molecule has 0 aromatic heterocycles. The third kappa shape index (κ3) is 10.8. The van der Waals surface area contributed by atoms with Gasteiger partial charge in [-0.2, -0.15) is 0 Å². The van der Waals surface area contributed by atoms with Crippen molar-refractivity contribution in [3.63, 3.8) is 0 Å². The first-order valence-corrected chi connectivity index (χ1v) is 30.9. The third-order valence-electron chi connectivity index (χ3n) is 22.9. The molecule has 0 amide bonds. The molecule has 7 aliphatic heterocycles. The molecular formula is C59H96O27. The van der Waals surface area contributed by atoms with Gasteiger partial charge >= 0.3 is 0 Å². The van der Waals surface area contributed by atoms with E-state index >= 15 is 0 Å². The topological polar surface area (TPSA) is 414 Å². The van der Waals surface area contributed by atoms with Crippen LogP contribution in [-0.4, -0.2) is 281 Å². The SMILES string of the molecule is CC(C)=C[C@H]1C[C@](C)(O)[C@@H]2[C@H]3CC[C@@H]4[C@@]5(C)CC[C@H](O[C@@H]6OC[C@H](O)[C@H](O[C@@H]7O[C@H](CO[C@@H]8O[C@H](CO)[C@@H](O)[C@H](O)[C@H]8O)[C@@H](O)[C@H](O)[C@H]7O[C@@H]7O[C@H](CO)[C@@H](O)[C@H](O)[C@H]7O)[C@H]6O[C@@H]6O[C@@H](C)[C@H](O)[C@@H](O)[C@H]6O)C(C)(C)[C@@H]5CC[C@@]4(C)[C@@]34CO[C@@]2(C4)O1. The Bertz CT molecular complexity index is 2380. The summed E-state index contributed by atoms with van der Waals surface area (Å²) in [7, 11) is 0. The van der Waals surface area contributed by atoms with E-state index in [0.717, 1.165) is 37.7 Å². The van der Waals surface area contributed by atoms with Gasteiger partial charge in [0.2, 0.25) is 0 Å². The standard InChI is InChI=1S/C59H96O27/c1-23(2)15-25-16-57(8,74)48-26-9-10-32-55(6)13-12-33(54(4,5)31(55)11-14-56(32,7)58(26)21-59(48,86-25)77-22-58)82-52-47(85-50-43(72)38(67)34(63)24(3)78-50)45(27(62)19-75-52)83-53-46(84-51-44(73)40(69)36(65)29(18-61)80-51)41(70)37(66)30(81-53)20-76-49-42(71)39(68)35(64)28(17-60)79-49/h15,24-53,60-74H,9-14,16-22H2,1-8H3/t24-,25-,26+,27-,28+,29+,30+,31-,32+,33-,34-,35+,36+,37+,38+,39-,40-,41-,42+,43+,44+,45-,46+,47+,48-,49+,50-,51-,52-,53-,55-,56+,57-,58-,59-/m0/s1. The Labute approximate surface area is 499 Å². The van der Waals surface area contributed by atoms with Gasteiger partial charge in [-0.05, 0) is 100 Å². The highest BCUT2D eigenvalue weighted by atomic mass is 16.8. The van der Waals surface area contributed by atoms with Crippen LogP contribution in [0.25, 0.3) is 0 Å². The Balaban J connectivity index is 0.877. The molecular weight excluding hydrogens is 1140 g/mol. The summed E-state index contributed by atoms with van der Waals surface area (Å²) in [4.78, 5) is 0. The summed E-state index contributed by atoms with van der Waals surface area (Å²) in [6.07, 6.45) is -34.9. The van der Waals surface area contributed by atoms with Crippen molar-refractivity contribution in [1.82, 2.24) is 0 Å². The fraction of sp³-hybridized carbons (Fsp3) is 0.966. The fourth-order valence-electron chi connectivity index (χ4n) is 18.6. The lowest BCUT2D eigenvalue weighted by molar-refractivity contribution is -0.403. The second kappa shape index (κ2) is 24.2. The van der Waals surface area contributed by atoms with Crippen LogP contribution in [0.2, 0.25) is 0 Å². The molecule has 7 heterocycles. The Morgan fingerprint density at radius 2 is 1.15 bits per heavy atom. The highest BCUT2D eigenvalue weighted by Crippen LogP contribution is 2.80. The van der Waals surface area contributed by atoms with Gasteiger partial charge in [0.05, 0.1) is 56.9 Å². The van der Waals surface area contributed by atoms with E-state index in [-0.39, 0.29) is 46.0 Å². The lowest BCUT2D eigenvalue weighted by Gasteiger charge is -2.70. The zero-order valence-electron chi connectivity index (χ0n) is 50.2. The molecule has 11 fully saturated rings. The highest BCUT2D eigenvalue weighted by molar-refractivity contribution is 5.27. The van der Waals surface area contributed by atoms with E-state index < -0.39 is 197 Å². The normalized spacial score (nSPS) is 56.9. The molecule has 0 aromatic carbocycles. The van der Waals surface area contributed by atoms with Gasteiger partial charge in [-0.25, -0.2) is 0 Å². The van der Waals surface area contributed by atoms with Gasteiger partial charge in [0, 0.05) is 24.2 Å². The molecule has 11 rings (SSSR count). The lowest BCUT2D eigenvalue weighted by atomic mass is 9.35. The number of aliphatic hydroxyl groups excluding tert-OH is 14. The molecule has 27 heteroatoms. The smallest absolute Gasteiger partial charge is 0.187 e. The van der Waals surface area contributed by atoms with Gasteiger partial charge < -0.3 is 133 Å². The number of allylic oxidation sites excluding steroid dienone is 1. The van der Waals surface area contributed by atoms with Crippen LogP contribution >= 0.6 is 0 Å². The highest BCUT2D eigenvalue weighted by Gasteiger charge is 2.81. The van der Waals surface area contributed by atoms with Crippen molar-refractivity contribution in [3.8, 4) is 0 Å². The maximum atomic E-state index is 12.4. The predicted molar refractivity (Wildman–Crippen MR) is 289 cm³/mol. The van der Waals surface area contributed by atoms with Crippen LogP contribution in [0.5, 0.6) is 0 Å². The Morgan fingerprint density at radius 1 is 0.570 bits per heavy atom. The van der Waals surface area contributed by atoms with Crippen molar-refractivity contribution in [3.05, 3.63) is 11.6 Å². The Morgan fingerprint density at radius 3 is 1.80 bits per heavy atom. The van der Waals surface area contributed by atoms with Crippen molar-refractivity contribution in [2.24, 2.45) is 45.3 Å². The van der Waals surface area contributed by atoms with Gasteiger partial charge in [-0.1, -0.05) is 39.3 Å². The van der Waals surface area contributed by atoms with Crippen LogP contribution in [0.3, 0.4) is 0 Å². The number of fused-ring (bicyclic) bond motifs is 4. The Hall–Kier alpha value is -1.34. The molecule has 15 N–H and O–H groups in total. The van der Waals surface area contributed by atoms with Crippen LogP contribution in [0.1, 0.15) is 107 Å². The first-order chi connectivity index (χ1) is 40.4. The van der Waals surface area contributed by atoms with Gasteiger partial charge in [0.1, 0.15) is 110 Å². The van der Waals surface area contributed by atoms with Crippen LogP contribution in [0, 0.1) is 45.3 Å². The van der Waals surface area contributed by atoms with E-state index in [9.17, 15) is 76.6 Å². The summed E-state index contributed by atoms with van der Waals surface area (Å²) in [5, 5.41) is 165.